The SMILES string of the molecule is Nc1ncc(Br)cc1C(O)c1cnn(-c2ccc(Cl)c(C(F)(F)F)c2)c1. The number of benzene rings is 1. The van der Waals surface area contributed by atoms with Gasteiger partial charge in [0.2, 0.25) is 0 Å². The summed E-state index contributed by atoms with van der Waals surface area (Å²) in [6.07, 6.45) is -1.48. The van der Waals surface area contributed by atoms with E-state index in [1.807, 2.05) is 0 Å². The van der Waals surface area contributed by atoms with Gasteiger partial charge >= 0.3 is 6.18 Å². The molecule has 0 bridgehead atoms. The van der Waals surface area contributed by atoms with E-state index in [2.05, 4.69) is 26.0 Å². The Morgan fingerprint density at radius 3 is 2.65 bits per heavy atom. The molecule has 2 heterocycles. The van der Waals surface area contributed by atoms with Gasteiger partial charge in [0.05, 0.1) is 22.5 Å². The number of pyridine rings is 1. The Morgan fingerprint density at radius 1 is 1.23 bits per heavy atom. The molecule has 0 spiro atoms. The molecule has 5 nitrogen and oxygen atoms in total. The molecule has 2 aromatic heterocycles. The number of nitrogens with two attached hydrogens (primary N) is 1. The minimum absolute atomic E-state index is 0.138. The zero-order valence-electron chi connectivity index (χ0n) is 12.9. The van der Waals surface area contributed by atoms with Crippen LogP contribution in [-0.2, 0) is 6.18 Å². The minimum Gasteiger partial charge on any atom is -0.383 e. The van der Waals surface area contributed by atoms with E-state index in [4.69, 9.17) is 17.3 Å². The molecule has 0 amide bonds. The lowest BCUT2D eigenvalue weighted by Crippen LogP contribution is -2.07. The van der Waals surface area contributed by atoms with Crippen LogP contribution in [0.1, 0.15) is 22.8 Å². The Morgan fingerprint density at radius 2 is 1.96 bits per heavy atom. The normalized spacial score (nSPS) is 13.0. The van der Waals surface area contributed by atoms with Crippen molar-refractivity contribution in [2.45, 2.75) is 12.3 Å². The summed E-state index contributed by atoms with van der Waals surface area (Å²) in [5.74, 6) is 0.138. The molecule has 3 rings (SSSR count). The van der Waals surface area contributed by atoms with Crippen LogP contribution < -0.4 is 5.73 Å². The lowest BCUT2D eigenvalue weighted by molar-refractivity contribution is -0.137. The molecule has 0 aliphatic rings. The first kappa shape index (κ1) is 18.7. The molecule has 0 saturated carbocycles. The molecule has 1 aromatic carbocycles. The van der Waals surface area contributed by atoms with Gasteiger partial charge in [0.1, 0.15) is 11.9 Å². The average molecular weight is 448 g/mol. The number of rotatable bonds is 3. The van der Waals surface area contributed by atoms with E-state index < -0.39 is 22.9 Å². The minimum atomic E-state index is -4.58. The van der Waals surface area contributed by atoms with Crippen LogP contribution in [0, 0.1) is 0 Å². The fourth-order valence-electron chi connectivity index (χ4n) is 2.36. The van der Waals surface area contributed by atoms with E-state index in [0.29, 0.717) is 15.6 Å². The largest absolute Gasteiger partial charge is 0.417 e. The van der Waals surface area contributed by atoms with Crippen LogP contribution >= 0.6 is 27.5 Å². The van der Waals surface area contributed by atoms with Gasteiger partial charge in [0, 0.05) is 28.0 Å². The number of anilines is 1. The summed E-state index contributed by atoms with van der Waals surface area (Å²) in [6.45, 7) is 0. The number of halogens is 5. The third-order valence-electron chi connectivity index (χ3n) is 3.65. The number of aliphatic hydroxyl groups is 1. The average Bonchev–Trinajstić information content (AvgIpc) is 3.06. The molecule has 0 radical (unpaired) electrons. The van der Waals surface area contributed by atoms with Crippen molar-refractivity contribution in [2.24, 2.45) is 0 Å². The third-order valence-corrected chi connectivity index (χ3v) is 4.41. The highest BCUT2D eigenvalue weighted by Crippen LogP contribution is 2.36. The smallest absolute Gasteiger partial charge is 0.383 e. The van der Waals surface area contributed by atoms with Crippen LogP contribution in [0.15, 0.2) is 47.3 Å². The molecule has 10 heteroatoms. The Kier molecular flexibility index (Phi) is 4.96. The Bertz CT molecular complexity index is 961. The number of hydrogen-bond donors (Lipinski definition) is 2. The van der Waals surface area contributed by atoms with Crippen LogP contribution in [0.2, 0.25) is 5.02 Å². The molecule has 26 heavy (non-hydrogen) atoms. The number of nitrogens with zero attached hydrogens (tertiary/aromatic N) is 3. The van der Waals surface area contributed by atoms with Gasteiger partial charge in [-0.05, 0) is 40.2 Å². The van der Waals surface area contributed by atoms with E-state index >= 15 is 0 Å². The summed E-state index contributed by atoms with van der Waals surface area (Å²) < 4.78 is 40.8. The van der Waals surface area contributed by atoms with Crippen LogP contribution in [0.3, 0.4) is 0 Å². The van der Waals surface area contributed by atoms with E-state index in [9.17, 15) is 18.3 Å². The molecule has 0 aliphatic carbocycles. The first-order valence-electron chi connectivity index (χ1n) is 7.17. The number of hydrogen-bond acceptors (Lipinski definition) is 4. The monoisotopic (exact) mass is 446 g/mol. The van der Waals surface area contributed by atoms with Gasteiger partial charge in [0.25, 0.3) is 0 Å². The molecular weight excluding hydrogens is 437 g/mol. The maximum atomic E-state index is 13.0. The lowest BCUT2D eigenvalue weighted by Gasteiger charge is -2.12. The maximum absolute atomic E-state index is 13.0. The highest BCUT2D eigenvalue weighted by molar-refractivity contribution is 9.10. The zero-order valence-corrected chi connectivity index (χ0v) is 15.2. The Hall–Kier alpha value is -2.10. The van der Waals surface area contributed by atoms with Crippen LogP contribution in [-0.4, -0.2) is 19.9 Å². The van der Waals surface area contributed by atoms with E-state index in [0.717, 1.165) is 12.1 Å². The van der Waals surface area contributed by atoms with Gasteiger partial charge < -0.3 is 10.8 Å². The molecule has 3 N–H and O–H groups in total. The lowest BCUT2D eigenvalue weighted by atomic mass is 10.1. The fraction of sp³-hybridized carbons (Fsp3) is 0.125. The van der Waals surface area contributed by atoms with E-state index in [-0.39, 0.29) is 11.5 Å². The second-order valence-corrected chi connectivity index (χ2v) is 6.73. The van der Waals surface area contributed by atoms with Crippen molar-refractivity contribution in [3.8, 4) is 5.69 Å². The van der Waals surface area contributed by atoms with Crippen molar-refractivity contribution in [1.29, 1.82) is 0 Å². The molecule has 0 aliphatic heterocycles. The molecule has 1 atom stereocenters. The van der Waals surface area contributed by atoms with Crippen molar-refractivity contribution in [2.75, 3.05) is 5.73 Å². The quantitative estimate of drug-likeness (QED) is 0.625. The maximum Gasteiger partial charge on any atom is 0.417 e. The fourth-order valence-corrected chi connectivity index (χ4v) is 2.93. The van der Waals surface area contributed by atoms with Gasteiger partial charge in [-0.2, -0.15) is 18.3 Å². The van der Waals surface area contributed by atoms with Crippen molar-refractivity contribution in [3.63, 3.8) is 0 Å². The number of aromatic nitrogens is 3. The van der Waals surface area contributed by atoms with Crippen molar-refractivity contribution in [1.82, 2.24) is 14.8 Å². The first-order valence-corrected chi connectivity index (χ1v) is 8.34. The predicted octanol–water partition coefficient (Wildman–Crippen LogP) is 4.37. The standard InChI is InChI=1S/C16H11BrClF3N4O/c17-9-3-11(15(22)23-6-9)14(26)8-5-24-25(7-8)10-1-2-13(18)12(4-10)16(19,20)21/h1-7,14,26H,(H2,22,23). The Labute approximate surface area is 159 Å². The van der Waals surface area contributed by atoms with Crippen LogP contribution in [0.4, 0.5) is 19.0 Å². The third kappa shape index (κ3) is 3.69. The van der Waals surface area contributed by atoms with Gasteiger partial charge in [-0.3, -0.25) is 0 Å². The summed E-state index contributed by atoms with van der Waals surface area (Å²) in [5, 5.41) is 14.1. The van der Waals surface area contributed by atoms with Crippen LogP contribution in [0.5, 0.6) is 0 Å². The molecule has 0 saturated heterocycles. The summed E-state index contributed by atoms with van der Waals surface area (Å²) in [5.41, 5.74) is 5.66. The molecule has 3 aromatic rings. The highest BCUT2D eigenvalue weighted by atomic mass is 79.9. The second-order valence-electron chi connectivity index (χ2n) is 5.41. The molecular formula is C16H11BrClF3N4O. The highest BCUT2D eigenvalue weighted by Gasteiger charge is 2.33. The topological polar surface area (TPSA) is 77.0 Å². The summed E-state index contributed by atoms with van der Waals surface area (Å²) >= 11 is 8.86. The molecule has 0 fully saturated rings. The summed E-state index contributed by atoms with van der Waals surface area (Å²) in [6, 6.07) is 5.04. The van der Waals surface area contributed by atoms with Crippen LogP contribution in [0.25, 0.3) is 5.69 Å². The van der Waals surface area contributed by atoms with Crippen molar-refractivity contribution >= 4 is 33.3 Å². The van der Waals surface area contributed by atoms with Gasteiger partial charge in [-0.25, -0.2) is 9.67 Å². The predicted molar refractivity (Wildman–Crippen MR) is 94.0 cm³/mol. The second kappa shape index (κ2) is 6.90. The number of aliphatic hydroxyl groups excluding tert-OH is 1. The first-order chi connectivity index (χ1) is 12.2. The van der Waals surface area contributed by atoms with Crippen molar-refractivity contribution < 1.29 is 18.3 Å². The number of nitrogen functional groups attached to an aromatic ring is 1. The summed E-state index contributed by atoms with van der Waals surface area (Å²) in [7, 11) is 0. The summed E-state index contributed by atoms with van der Waals surface area (Å²) in [4.78, 5) is 3.94. The van der Waals surface area contributed by atoms with E-state index in [1.165, 1.54) is 29.3 Å². The van der Waals surface area contributed by atoms with Crippen molar-refractivity contribution in [3.05, 3.63) is 69.0 Å². The molecule has 1 unspecified atom stereocenters. The Balaban J connectivity index is 1.97. The van der Waals surface area contributed by atoms with Gasteiger partial charge in [-0.15, -0.1) is 0 Å². The zero-order chi connectivity index (χ0) is 19.1. The molecule has 136 valence electrons. The van der Waals surface area contributed by atoms with Gasteiger partial charge in [0.15, 0.2) is 0 Å². The van der Waals surface area contributed by atoms with Gasteiger partial charge in [-0.1, -0.05) is 11.6 Å². The number of alkyl halides is 3. The van der Waals surface area contributed by atoms with E-state index in [1.54, 1.807) is 6.07 Å².